The van der Waals surface area contributed by atoms with Crippen molar-refractivity contribution in [1.82, 2.24) is 0 Å². The minimum absolute atomic E-state index is 0.0114. The van der Waals surface area contributed by atoms with Gasteiger partial charge in [0.25, 0.3) is 0 Å². The van der Waals surface area contributed by atoms with Crippen LogP contribution in [-0.2, 0) is 28.4 Å². The van der Waals surface area contributed by atoms with Gasteiger partial charge in [0.05, 0.1) is 49.8 Å². The number of hydrogen-bond acceptors (Lipinski definition) is 17. The Bertz CT molecular complexity index is 1600. The molecule has 3 heterocycles. The van der Waals surface area contributed by atoms with Gasteiger partial charge in [-0.15, -0.1) is 0 Å². The van der Waals surface area contributed by atoms with Gasteiger partial charge < -0.3 is 84.6 Å². The van der Waals surface area contributed by atoms with E-state index in [-0.39, 0.29) is 65.2 Å². The molecule has 0 aromatic heterocycles. The molecular formula is C45H76O17. The number of aliphatic hydroxyl groups is 11. The molecule has 8 rings (SSSR count). The van der Waals surface area contributed by atoms with Crippen molar-refractivity contribution >= 4 is 0 Å². The zero-order valence-corrected chi connectivity index (χ0v) is 37.4. The van der Waals surface area contributed by atoms with E-state index in [0.29, 0.717) is 32.1 Å². The maximum absolute atomic E-state index is 12.3. The highest BCUT2D eigenvalue weighted by Gasteiger charge is 2.84. The van der Waals surface area contributed by atoms with E-state index < -0.39 is 109 Å². The molecule has 0 radical (unpaired) electrons. The van der Waals surface area contributed by atoms with Crippen molar-refractivity contribution in [2.24, 2.45) is 50.7 Å². The summed E-state index contributed by atoms with van der Waals surface area (Å²) in [7, 11) is 0. The molecular weight excluding hydrogens is 812 g/mol. The van der Waals surface area contributed by atoms with Crippen LogP contribution in [0.4, 0.5) is 0 Å². The monoisotopic (exact) mass is 889 g/mol. The van der Waals surface area contributed by atoms with Gasteiger partial charge >= 0.3 is 0 Å². The number of rotatable bonds is 11. The molecule has 0 amide bonds. The third-order valence-electron chi connectivity index (χ3n) is 18.6. The lowest BCUT2D eigenvalue weighted by atomic mass is 9.41. The molecule has 358 valence electrons. The zero-order valence-electron chi connectivity index (χ0n) is 37.4. The van der Waals surface area contributed by atoms with E-state index in [2.05, 4.69) is 34.6 Å². The predicted molar refractivity (Wildman–Crippen MR) is 216 cm³/mol. The minimum atomic E-state index is -1.50. The third kappa shape index (κ3) is 7.38. The van der Waals surface area contributed by atoms with Crippen molar-refractivity contribution < 1.29 is 84.6 Å². The topological polar surface area (TPSA) is 278 Å². The summed E-state index contributed by atoms with van der Waals surface area (Å²) in [6.45, 7) is 13.7. The molecule has 17 nitrogen and oxygen atoms in total. The normalized spacial score (nSPS) is 54.7. The highest BCUT2D eigenvalue weighted by molar-refractivity contribution is 5.33. The van der Waals surface area contributed by atoms with E-state index >= 15 is 0 Å². The summed E-state index contributed by atoms with van der Waals surface area (Å²) in [5.74, 6) is -0.151. The van der Waals surface area contributed by atoms with E-state index in [1.54, 1.807) is 13.8 Å². The highest BCUT2D eigenvalue weighted by atomic mass is 16.7. The summed E-state index contributed by atoms with van der Waals surface area (Å²) in [4.78, 5) is 0. The molecule has 5 saturated carbocycles. The first-order valence-electron chi connectivity index (χ1n) is 23.2. The second-order valence-electron chi connectivity index (χ2n) is 22.6. The standard InChI is InChI=1S/C45H76O17/c1-20(8-9-28(41(4,5)56)62-39-35(55)32(52)24(49)18-59-39)29-21(46)15-43(7)26-14-25(60-37-33(53)30(50)22(47)16-57-37)36-40(2,3)27(61-38-34(54)31(51)23(48)17-58-38)10-11-45(36)19-44(26,45)13-12-42(29,43)6/h20-39,46-56H,8-19H2,1-7H3/t20-,21+,22-,23-,24-,25+,26+,27+,28+,29+,30+,31+,32+,33-,34-,35-,36+,37+,38+,39+,42-,43+,44+,45-/m1/s1. The summed E-state index contributed by atoms with van der Waals surface area (Å²) in [6, 6.07) is 0. The molecule has 8 fully saturated rings. The second kappa shape index (κ2) is 16.5. The highest BCUT2D eigenvalue weighted by Crippen LogP contribution is 2.89. The smallest absolute Gasteiger partial charge is 0.186 e. The van der Waals surface area contributed by atoms with Crippen LogP contribution in [0.3, 0.4) is 0 Å². The van der Waals surface area contributed by atoms with E-state index in [9.17, 15) is 56.2 Å². The Morgan fingerprint density at radius 2 is 1.16 bits per heavy atom. The van der Waals surface area contributed by atoms with Crippen LogP contribution in [0.25, 0.3) is 0 Å². The van der Waals surface area contributed by atoms with E-state index in [4.69, 9.17) is 28.4 Å². The van der Waals surface area contributed by atoms with Gasteiger partial charge in [-0.1, -0.05) is 34.6 Å². The van der Waals surface area contributed by atoms with Crippen LogP contribution in [-0.4, -0.2) is 180 Å². The lowest BCUT2D eigenvalue weighted by molar-refractivity contribution is -0.326. The van der Waals surface area contributed by atoms with Gasteiger partial charge in [0, 0.05) is 0 Å². The fourth-order valence-corrected chi connectivity index (χ4v) is 15.2. The minimum Gasteiger partial charge on any atom is -0.393 e. The van der Waals surface area contributed by atoms with Crippen LogP contribution in [0.1, 0.15) is 106 Å². The number of hydrogen-bond donors (Lipinski definition) is 11. The van der Waals surface area contributed by atoms with Gasteiger partial charge in [0.2, 0.25) is 0 Å². The Morgan fingerprint density at radius 3 is 1.73 bits per heavy atom. The maximum Gasteiger partial charge on any atom is 0.186 e. The first kappa shape index (κ1) is 47.8. The molecule has 24 atom stereocenters. The van der Waals surface area contributed by atoms with Gasteiger partial charge in [-0.25, -0.2) is 0 Å². The molecule has 17 heteroatoms. The molecule has 3 saturated heterocycles. The van der Waals surface area contributed by atoms with Gasteiger partial charge in [0.15, 0.2) is 18.9 Å². The number of ether oxygens (including phenoxy) is 6. The van der Waals surface area contributed by atoms with E-state index in [1.807, 2.05) is 0 Å². The number of fused-ring (bicyclic) bond motifs is 2. The van der Waals surface area contributed by atoms with Gasteiger partial charge in [-0.2, -0.15) is 0 Å². The Kier molecular flexibility index (Phi) is 12.7. The van der Waals surface area contributed by atoms with Crippen LogP contribution < -0.4 is 0 Å². The second-order valence-corrected chi connectivity index (χ2v) is 22.6. The van der Waals surface area contributed by atoms with Crippen molar-refractivity contribution in [3.63, 3.8) is 0 Å². The van der Waals surface area contributed by atoms with Crippen molar-refractivity contribution in [1.29, 1.82) is 0 Å². The molecule has 0 aromatic carbocycles. The predicted octanol–water partition coefficient (Wildman–Crippen LogP) is -0.334. The molecule has 8 aliphatic rings. The quantitative estimate of drug-likeness (QED) is 0.119. The SMILES string of the molecule is C[C@H](CC[C@H](O[C@@H]1OC[C@@H](O)[C@H](O)[C@H]1O)C(C)(C)O)[C@H]1[C@@H](O)C[C@@]2(C)[C@@H]3C[C@H](O[C@@H]4OC[C@@H](O)[C@H](O)[C@H]4O)[C@H]4C(C)(C)[C@@H](O[C@@H]5OC[C@@H](O)[C@H](O)[C@H]5O)CC[C@@]45C[C@@]35CC[C@]12C. The zero-order chi connectivity index (χ0) is 45.3. The largest absolute Gasteiger partial charge is 0.393 e. The van der Waals surface area contributed by atoms with Crippen molar-refractivity contribution in [2.45, 2.75) is 210 Å². The van der Waals surface area contributed by atoms with Crippen molar-refractivity contribution in [3.05, 3.63) is 0 Å². The Balaban J connectivity index is 1.06. The summed E-state index contributed by atoms with van der Waals surface area (Å²) < 4.78 is 36.7. The third-order valence-corrected chi connectivity index (χ3v) is 18.6. The van der Waals surface area contributed by atoms with Gasteiger partial charge in [-0.05, 0) is 122 Å². The van der Waals surface area contributed by atoms with Crippen molar-refractivity contribution in [2.75, 3.05) is 19.8 Å². The molecule has 62 heavy (non-hydrogen) atoms. The molecule has 3 aliphatic heterocycles. The lowest BCUT2D eigenvalue weighted by Gasteiger charge is -2.65. The van der Waals surface area contributed by atoms with E-state index in [0.717, 1.165) is 25.7 Å². The van der Waals surface area contributed by atoms with Crippen molar-refractivity contribution in [3.8, 4) is 0 Å². The maximum atomic E-state index is 12.3. The molecule has 0 bridgehead atoms. The molecule has 2 spiro atoms. The molecule has 5 aliphatic carbocycles. The van der Waals surface area contributed by atoms with Crippen LogP contribution >= 0.6 is 0 Å². The Labute approximate surface area is 364 Å². The fourth-order valence-electron chi connectivity index (χ4n) is 15.2. The van der Waals surface area contributed by atoms with E-state index in [1.165, 1.54) is 0 Å². The first-order valence-corrected chi connectivity index (χ1v) is 23.2. The number of aliphatic hydroxyl groups excluding tert-OH is 10. The molecule has 11 N–H and O–H groups in total. The first-order chi connectivity index (χ1) is 28.8. The fraction of sp³-hybridized carbons (Fsp3) is 1.00. The average molecular weight is 889 g/mol. The summed E-state index contributed by atoms with van der Waals surface area (Å²) in [6.07, 6.45) is -12.2. The molecule has 0 unspecified atom stereocenters. The summed E-state index contributed by atoms with van der Waals surface area (Å²) in [5.41, 5.74) is -2.87. The van der Waals surface area contributed by atoms with Crippen LogP contribution in [0.2, 0.25) is 0 Å². The molecule has 0 aromatic rings. The van der Waals surface area contributed by atoms with Crippen LogP contribution in [0, 0.1) is 50.7 Å². The Hall–Kier alpha value is -0.680. The van der Waals surface area contributed by atoms with Crippen LogP contribution in [0.5, 0.6) is 0 Å². The summed E-state index contributed by atoms with van der Waals surface area (Å²) >= 11 is 0. The Morgan fingerprint density at radius 1 is 0.629 bits per heavy atom. The average Bonchev–Trinajstić information content (AvgIpc) is 3.79. The summed E-state index contributed by atoms with van der Waals surface area (Å²) in [5, 5.41) is 118. The van der Waals surface area contributed by atoms with Gasteiger partial charge in [-0.3, -0.25) is 0 Å². The van der Waals surface area contributed by atoms with Crippen LogP contribution in [0.15, 0.2) is 0 Å². The lowest BCUT2D eigenvalue weighted by Crippen LogP contribution is -2.64. The van der Waals surface area contributed by atoms with Gasteiger partial charge in [0.1, 0.15) is 54.9 Å².